The number of nitrogen functional groups attached to an aromatic ring is 1. The predicted octanol–water partition coefficient (Wildman–Crippen LogP) is -0.301. The highest BCUT2D eigenvalue weighted by atomic mass is 16.6. The Labute approximate surface area is 158 Å². The van der Waals surface area contributed by atoms with Gasteiger partial charge >= 0.3 is 0 Å². The summed E-state index contributed by atoms with van der Waals surface area (Å²) in [5.41, 5.74) is 7.42. The molecule has 0 saturated carbocycles. The summed E-state index contributed by atoms with van der Waals surface area (Å²) >= 11 is 0. The van der Waals surface area contributed by atoms with Crippen LogP contribution in [-0.2, 0) is 11.3 Å². The van der Waals surface area contributed by atoms with Crippen LogP contribution in [0.2, 0.25) is 0 Å². The fourth-order valence-electron chi connectivity index (χ4n) is 2.94. The number of fused-ring (bicyclic) bond motifs is 1. The van der Waals surface area contributed by atoms with Crippen molar-refractivity contribution >= 4 is 22.9 Å². The minimum absolute atomic E-state index is 0.0209. The maximum atomic E-state index is 10.2. The summed E-state index contributed by atoms with van der Waals surface area (Å²) in [5, 5.41) is 37.5. The van der Waals surface area contributed by atoms with E-state index in [2.05, 4.69) is 30.2 Å². The first-order valence-electron chi connectivity index (χ1n) is 8.47. The molecule has 1 saturated heterocycles. The smallest absolute Gasteiger partial charge is 0.272 e. The van der Waals surface area contributed by atoms with Crippen LogP contribution in [0.5, 0.6) is 0 Å². The lowest BCUT2D eigenvalue weighted by Crippen LogP contribution is -2.33. The largest absolute Gasteiger partial charge is 0.394 e. The molecule has 146 valence electrons. The number of rotatable bonds is 5. The average molecular weight is 386 g/mol. The summed E-state index contributed by atoms with van der Waals surface area (Å²) in [4.78, 5) is 16.4. The standard InChI is InChI=1S/C16H18N8O4/c17-13-10-14(22-16(21-13)23-20-5-8-1-3-18-4-2-8)24(7-19-10)15-12(27)11(26)9(6-25)28-15/h1-4,7,9,11-12,15,25-27H,5-6H2,(H2,17,21,22)/t9-,11?,12?,15-/m1/s1. The molecule has 4 atom stereocenters. The molecular weight excluding hydrogens is 368 g/mol. The molecule has 28 heavy (non-hydrogen) atoms. The maximum Gasteiger partial charge on any atom is 0.272 e. The van der Waals surface area contributed by atoms with E-state index in [4.69, 9.17) is 10.5 Å². The molecule has 4 heterocycles. The van der Waals surface area contributed by atoms with E-state index in [1.165, 1.54) is 10.9 Å². The average Bonchev–Trinajstić information content (AvgIpc) is 3.24. The van der Waals surface area contributed by atoms with Gasteiger partial charge in [0, 0.05) is 12.4 Å². The van der Waals surface area contributed by atoms with Crippen LogP contribution in [0, 0.1) is 0 Å². The summed E-state index contributed by atoms with van der Waals surface area (Å²) in [6.07, 6.45) is 0.252. The number of nitrogens with zero attached hydrogens (tertiary/aromatic N) is 7. The van der Waals surface area contributed by atoms with E-state index in [9.17, 15) is 15.3 Å². The number of ether oxygens (including phenoxy) is 1. The zero-order valence-electron chi connectivity index (χ0n) is 14.6. The number of pyridine rings is 1. The molecule has 0 aromatic carbocycles. The Morgan fingerprint density at radius 2 is 1.96 bits per heavy atom. The van der Waals surface area contributed by atoms with Gasteiger partial charge in [0.1, 0.15) is 23.8 Å². The molecular formula is C16H18N8O4. The van der Waals surface area contributed by atoms with Gasteiger partial charge in [0.25, 0.3) is 5.95 Å². The van der Waals surface area contributed by atoms with Crippen molar-refractivity contribution in [2.24, 2.45) is 10.2 Å². The number of aliphatic hydroxyl groups excluding tert-OH is 3. The Morgan fingerprint density at radius 1 is 1.18 bits per heavy atom. The van der Waals surface area contributed by atoms with Crippen LogP contribution in [0.15, 0.2) is 41.1 Å². The Balaban J connectivity index is 1.63. The highest BCUT2D eigenvalue weighted by molar-refractivity contribution is 5.82. The molecule has 0 bridgehead atoms. The molecule has 0 aliphatic carbocycles. The molecule has 2 unspecified atom stereocenters. The molecule has 3 aromatic rings. The zero-order valence-corrected chi connectivity index (χ0v) is 14.6. The van der Waals surface area contributed by atoms with Crippen molar-refractivity contribution in [2.75, 3.05) is 12.3 Å². The second kappa shape index (κ2) is 7.52. The lowest BCUT2D eigenvalue weighted by molar-refractivity contribution is -0.0511. The normalized spacial score (nSPS) is 25.1. The van der Waals surface area contributed by atoms with Gasteiger partial charge in [-0.25, -0.2) is 4.98 Å². The molecule has 1 aliphatic heterocycles. The van der Waals surface area contributed by atoms with Crippen LogP contribution in [-0.4, -0.2) is 64.7 Å². The minimum atomic E-state index is -1.28. The number of aliphatic hydroxyl groups is 3. The number of hydrogen-bond donors (Lipinski definition) is 4. The fraction of sp³-hybridized carbons (Fsp3) is 0.375. The molecule has 0 radical (unpaired) electrons. The van der Waals surface area contributed by atoms with Gasteiger partial charge in [0.05, 0.1) is 19.5 Å². The van der Waals surface area contributed by atoms with Gasteiger partial charge in [-0.05, 0) is 17.7 Å². The van der Waals surface area contributed by atoms with E-state index >= 15 is 0 Å². The van der Waals surface area contributed by atoms with Crippen molar-refractivity contribution in [1.29, 1.82) is 0 Å². The third kappa shape index (κ3) is 3.29. The van der Waals surface area contributed by atoms with Crippen LogP contribution in [0.25, 0.3) is 11.2 Å². The van der Waals surface area contributed by atoms with Crippen LogP contribution in [0.1, 0.15) is 11.8 Å². The fourth-order valence-corrected chi connectivity index (χ4v) is 2.94. The summed E-state index contributed by atoms with van der Waals surface area (Å²) in [6, 6.07) is 3.63. The highest BCUT2D eigenvalue weighted by Crippen LogP contribution is 2.32. The van der Waals surface area contributed by atoms with Crippen molar-refractivity contribution in [2.45, 2.75) is 31.1 Å². The first kappa shape index (κ1) is 18.3. The Morgan fingerprint density at radius 3 is 2.68 bits per heavy atom. The van der Waals surface area contributed by atoms with Crippen LogP contribution >= 0.6 is 0 Å². The van der Waals surface area contributed by atoms with Crippen LogP contribution in [0.3, 0.4) is 0 Å². The lowest BCUT2D eigenvalue weighted by Gasteiger charge is -2.16. The quantitative estimate of drug-likeness (QED) is 0.428. The summed E-state index contributed by atoms with van der Waals surface area (Å²) in [7, 11) is 0. The number of anilines is 1. The van der Waals surface area contributed by atoms with Gasteiger partial charge in [-0.3, -0.25) is 9.55 Å². The second-order valence-corrected chi connectivity index (χ2v) is 6.22. The molecule has 4 rings (SSSR count). The van der Waals surface area contributed by atoms with Crippen molar-refractivity contribution < 1.29 is 20.1 Å². The molecule has 0 spiro atoms. The monoisotopic (exact) mass is 386 g/mol. The van der Waals surface area contributed by atoms with Gasteiger partial charge in [-0.2, -0.15) is 15.1 Å². The number of imidazole rings is 1. The summed E-state index contributed by atoms with van der Waals surface area (Å²) in [5.74, 6) is 0.112. The van der Waals surface area contributed by atoms with Crippen LogP contribution in [0.4, 0.5) is 11.8 Å². The van der Waals surface area contributed by atoms with E-state index in [-0.39, 0.29) is 17.4 Å². The number of nitrogens with two attached hydrogens (primary N) is 1. The Hall–Kier alpha value is -3.06. The highest BCUT2D eigenvalue weighted by Gasteiger charge is 2.44. The topological polar surface area (TPSA) is 177 Å². The number of aromatic nitrogens is 5. The van der Waals surface area contributed by atoms with Gasteiger partial charge in [-0.15, -0.1) is 5.11 Å². The van der Waals surface area contributed by atoms with Crippen molar-refractivity contribution in [3.8, 4) is 0 Å². The Kier molecular flexibility index (Phi) is 4.92. The second-order valence-electron chi connectivity index (χ2n) is 6.22. The third-order valence-corrected chi connectivity index (χ3v) is 4.39. The Bertz CT molecular complexity index is 995. The van der Waals surface area contributed by atoms with E-state index < -0.39 is 31.1 Å². The number of hydrogen-bond acceptors (Lipinski definition) is 11. The molecule has 5 N–H and O–H groups in total. The molecule has 3 aromatic heterocycles. The lowest BCUT2D eigenvalue weighted by atomic mass is 10.1. The SMILES string of the molecule is Nc1nc(N=NCc2ccncc2)nc2c1ncn2[C@@H]1O[C@H](CO)C(O)C1O. The van der Waals surface area contributed by atoms with E-state index in [0.717, 1.165) is 5.56 Å². The minimum Gasteiger partial charge on any atom is -0.394 e. The third-order valence-electron chi connectivity index (χ3n) is 4.39. The summed E-state index contributed by atoms with van der Waals surface area (Å²) in [6.45, 7) is -0.120. The summed E-state index contributed by atoms with van der Waals surface area (Å²) < 4.78 is 6.93. The molecule has 12 nitrogen and oxygen atoms in total. The van der Waals surface area contributed by atoms with Crippen molar-refractivity contribution in [3.63, 3.8) is 0 Å². The zero-order chi connectivity index (χ0) is 19.7. The van der Waals surface area contributed by atoms with Gasteiger partial charge in [0.2, 0.25) is 0 Å². The molecule has 1 fully saturated rings. The van der Waals surface area contributed by atoms with E-state index in [1.807, 2.05) is 12.1 Å². The van der Waals surface area contributed by atoms with Gasteiger partial charge in [0.15, 0.2) is 17.7 Å². The maximum absolute atomic E-state index is 10.2. The van der Waals surface area contributed by atoms with E-state index in [1.54, 1.807) is 12.4 Å². The molecule has 1 aliphatic rings. The van der Waals surface area contributed by atoms with Gasteiger partial charge < -0.3 is 25.8 Å². The molecule has 0 amide bonds. The first-order chi connectivity index (χ1) is 13.6. The number of azo groups is 1. The molecule has 12 heteroatoms. The van der Waals surface area contributed by atoms with Crippen molar-refractivity contribution in [1.82, 2.24) is 24.5 Å². The van der Waals surface area contributed by atoms with Crippen molar-refractivity contribution in [3.05, 3.63) is 36.4 Å². The first-order valence-corrected chi connectivity index (χ1v) is 8.47. The predicted molar refractivity (Wildman–Crippen MR) is 95.2 cm³/mol. The van der Waals surface area contributed by atoms with Gasteiger partial charge in [-0.1, -0.05) is 0 Å². The van der Waals surface area contributed by atoms with E-state index in [0.29, 0.717) is 12.1 Å². The van der Waals surface area contributed by atoms with Crippen LogP contribution < -0.4 is 5.73 Å².